The van der Waals surface area contributed by atoms with Gasteiger partial charge in [0.15, 0.2) is 12.0 Å². The van der Waals surface area contributed by atoms with Gasteiger partial charge in [-0.25, -0.2) is 9.99 Å². The van der Waals surface area contributed by atoms with Crippen molar-refractivity contribution < 1.29 is 4.79 Å². The molecule has 3 heterocycles. The monoisotopic (exact) mass is 488 g/mol. The van der Waals surface area contributed by atoms with Gasteiger partial charge >= 0.3 is 0 Å². The van der Waals surface area contributed by atoms with Crippen molar-refractivity contribution in [1.29, 1.82) is 0 Å². The number of rotatable bonds is 6. The first-order valence-corrected chi connectivity index (χ1v) is 11.9. The second-order valence-electron chi connectivity index (χ2n) is 8.61. The summed E-state index contributed by atoms with van der Waals surface area (Å²) >= 11 is 6.18. The van der Waals surface area contributed by atoms with Crippen LogP contribution in [0.2, 0.25) is 5.02 Å². The fourth-order valence-electron chi connectivity index (χ4n) is 4.61. The first kappa shape index (κ1) is 23.1. The minimum atomic E-state index is -0.322. The van der Waals surface area contributed by atoms with Gasteiger partial charge in [0, 0.05) is 29.9 Å². The van der Waals surface area contributed by atoms with Gasteiger partial charge in [0.2, 0.25) is 0 Å². The van der Waals surface area contributed by atoms with E-state index in [0.29, 0.717) is 17.3 Å². The molecule has 10 heteroatoms. The fraction of sp³-hybridized carbons (Fsp3) is 0.280. The molecular formula is C25H25ClN8O. The van der Waals surface area contributed by atoms with Crippen molar-refractivity contribution in [2.75, 3.05) is 6.54 Å². The molecule has 9 nitrogen and oxygen atoms in total. The zero-order chi connectivity index (χ0) is 24.2. The van der Waals surface area contributed by atoms with Gasteiger partial charge in [0.1, 0.15) is 6.54 Å². The SMILES string of the molecule is Cc1ccc(C2CCCN(NC(=O)c3nccnc3Cn3ncnn3)C2c2ccc(Cl)cc2)cc1. The highest BCUT2D eigenvalue weighted by molar-refractivity contribution is 6.30. The molecule has 1 N–H and O–H groups in total. The molecule has 1 saturated heterocycles. The van der Waals surface area contributed by atoms with E-state index in [0.717, 1.165) is 18.4 Å². The standard InChI is InChI=1S/C25H25ClN8O/c1-17-4-6-18(7-5-17)21-3-2-14-33(24(21)19-8-10-20(26)11-9-19)31-25(35)23-22(27-12-13-28-23)15-34-30-16-29-32-34/h4-13,16,21,24H,2-3,14-15H2,1H3,(H,31,35). The second kappa shape index (κ2) is 10.3. The highest BCUT2D eigenvalue weighted by Gasteiger charge is 2.35. The molecule has 1 aliphatic rings. The summed E-state index contributed by atoms with van der Waals surface area (Å²) in [5, 5.41) is 14.3. The molecule has 2 atom stereocenters. The quantitative estimate of drug-likeness (QED) is 0.441. The molecule has 35 heavy (non-hydrogen) atoms. The molecule has 1 fully saturated rings. The summed E-state index contributed by atoms with van der Waals surface area (Å²) in [4.78, 5) is 23.5. The Bertz CT molecular complexity index is 1280. The topological polar surface area (TPSA) is 102 Å². The number of hydrogen-bond donors (Lipinski definition) is 1. The van der Waals surface area contributed by atoms with Crippen LogP contribution >= 0.6 is 11.6 Å². The Morgan fingerprint density at radius 1 is 1.06 bits per heavy atom. The Labute approximate surface area is 208 Å². The van der Waals surface area contributed by atoms with E-state index in [-0.39, 0.29) is 30.1 Å². The van der Waals surface area contributed by atoms with Gasteiger partial charge in [0.25, 0.3) is 5.91 Å². The number of benzene rings is 2. The van der Waals surface area contributed by atoms with Crippen LogP contribution in [-0.4, -0.2) is 47.6 Å². The fourth-order valence-corrected chi connectivity index (χ4v) is 4.73. The van der Waals surface area contributed by atoms with Crippen molar-refractivity contribution >= 4 is 17.5 Å². The van der Waals surface area contributed by atoms with E-state index in [1.165, 1.54) is 28.4 Å². The predicted octanol–water partition coefficient (Wildman–Crippen LogP) is 3.74. The van der Waals surface area contributed by atoms with Crippen LogP contribution < -0.4 is 5.43 Å². The Morgan fingerprint density at radius 2 is 1.80 bits per heavy atom. The third-order valence-corrected chi connectivity index (χ3v) is 6.52. The Balaban J connectivity index is 1.45. The number of piperidine rings is 1. The third kappa shape index (κ3) is 5.21. The Morgan fingerprint density at radius 3 is 2.54 bits per heavy atom. The third-order valence-electron chi connectivity index (χ3n) is 6.26. The van der Waals surface area contributed by atoms with Crippen LogP contribution in [-0.2, 0) is 6.54 Å². The van der Waals surface area contributed by atoms with E-state index < -0.39 is 0 Å². The molecule has 0 radical (unpaired) electrons. The molecule has 1 amide bonds. The highest BCUT2D eigenvalue weighted by atomic mass is 35.5. The summed E-state index contributed by atoms with van der Waals surface area (Å²) in [6.07, 6.45) is 6.35. The number of amides is 1. The summed E-state index contributed by atoms with van der Waals surface area (Å²) in [6.45, 7) is 2.99. The molecule has 0 aliphatic carbocycles. The molecular weight excluding hydrogens is 464 g/mol. The second-order valence-corrected chi connectivity index (χ2v) is 9.04. The number of aromatic nitrogens is 6. The number of hydrazine groups is 1. The van der Waals surface area contributed by atoms with E-state index in [2.05, 4.69) is 62.0 Å². The summed E-state index contributed by atoms with van der Waals surface area (Å²) in [5.74, 6) is -0.122. The highest BCUT2D eigenvalue weighted by Crippen LogP contribution is 2.42. The van der Waals surface area contributed by atoms with Gasteiger partial charge < -0.3 is 0 Å². The van der Waals surface area contributed by atoms with Crippen molar-refractivity contribution in [3.8, 4) is 0 Å². The van der Waals surface area contributed by atoms with Crippen molar-refractivity contribution in [2.45, 2.75) is 38.3 Å². The average molecular weight is 489 g/mol. The predicted molar refractivity (Wildman–Crippen MR) is 130 cm³/mol. The first-order valence-electron chi connectivity index (χ1n) is 11.5. The molecule has 1 aliphatic heterocycles. The number of carbonyl (C=O) groups excluding carboxylic acids is 1. The molecule has 2 unspecified atom stereocenters. The number of tetrazole rings is 1. The van der Waals surface area contributed by atoms with Crippen molar-refractivity contribution in [2.24, 2.45) is 0 Å². The van der Waals surface area contributed by atoms with Crippen LogP contribution in [0.5, 0.6) is 0 Å². The van der Waals surface area contributed by atoms with E-state index in [9.17, 15) is 4.79 Å². The van der Waals surface area contributed by atoms with Gasteiger partial charge in [0.05, 0.1) is 11.7 Å². The normalized spacial score (nSPS) is 18.3. The summed E-state index contributed by atoms with van der Waals surface area (Å²) in [7, 11) is 0. The van der Waals surface area contributed by atoms with Gasteiger partial charge in [-0.2, -0.15) is 4.80 Å². The summed E-state index contributed by atoms with van der Waals surface area (Å²) < 4.78 is 0. The number of nitrogens with zero attached hydrogens (tertiary/aromatic N) is 7. The van der Waals surface area contributed by atoms with Gasteiger partial charge in [-0.05, 0) is 48.2 Å². The maximum Gasteiger partial charge on any atom is 0.286 e. The molecule has 2 aromatic heterocycles. The maximum absolute atomic E-state index is 13.4. The van der Waals surface area contributed by atoms with Crippen molar-refractivity contribution in [3.63, 3.8) is 0 Å². The molecule has 0 spiro atoms. The largest absolute Gasteiger partial charge is 0.286 e. The van der Waals surface area contributed by atoms with Crippen LogP contribution in [0.3, 0.4) is 0 Å². The van der Waals surface area contributed by atoms with E-state index in [1.807, 2.05) is 29.3 Å². The van der Waals surface area contributed by atoms with E-state index in [1.54, 1.807) is 6.20 Å². The first-order chi connectivity index (χ1) is 17.1. The summed E-state index contributed by atoms with van der Waals surface area (Å²) in [6, 6.07) is 16.4. The number of aryl methyl sites for hydroxylation is 1. The molecule has 2 aromatic carbocycles. The lowest BCUT2D eigenvalue weighted by Crippen LogP contribution is -2.49. The zero-order valence-corrected chi connectivity index (χ0v) is 20.0. The van der Waals surface area contributed by atoms with E-state index >= 15 is 0 Å². The van der Waals surface area contributed by atoms with Gasteiger partial charge in [-0.1, -0.05) is 53.6 Å². The van der Waals surface area contributed by atoms with Crippen LogP contribution in [0.25, 0.3) is 0 Å². The molecule has 5 rings (SSSR count). The summed E-state index contributed by atoms with van der Waals surface area (Å²) in [5.41, 5.74) is 7.38. The Kier molecular flexibility index (Phi) is 6.78. The van der Waals surface area contributed by atoms with Gasteiger partial charge in [-0.15, -0.1) is 10.2 Å². The lowest BCUT2D eigenvalue weighted by Gasteiger charge is -2.41. The van der Waals surface area contributed by atoms with Crippen LogP contribution in [0.1, 0.15) is 57.7 Å². The van der Waals surface area contributed by atoms with Gasteiger partial charge in [-0.3, -0.25) is 15.2 Å². The van der Waals surface area contributed by atoms with Crippen molar-refractivity contribution in [3.05, 3.63) is 100 Å². The number of hydrogen-bond acceptors (Lipinski definition) is 7. The lowest BCUT2D eigenvalue weighted by atomic mass is 9.80. The smallest absolute Gasteiger partial charge is 0.283 e. The molecule has 0 bridgehead atoms. The minimum Gasteiger partial charge on any atom is -0.283 e. The maximum atomic E-state index is 13.4. The minimum absolute atomic E-state index is 0.0650. The van der Waals surface area contributed by atoms with E-state index in [4.69, 9.17) is 11.6 Å². The number of nitrogens with one attached hydrogen (secondary N) is 1. The lowest BCUT2D eigenvalue weighted by molar-refractivity contribution is 0.0492. The molecule has 0 saturated carbocycles. The van der Waals surface area contributed by atoms with Crippen molar-refractivity contribution in [1.82, 2.24) is 40.6 Å². The molecule has 4 aromatic rings. The molecule has 178 valence electrons. The van der Waals surface area contributed by atoms with Crippen LogP contribution in [0.4, 0.5) is 0 Å². The number of halogens is 1. The Hall–Kier alpha value is -3.69. The zero-order valence-electron chi connectivity index (χ0n) is 19.3. The van der Waals surface area contributed by atoms with Crippen LogP contribution in [0.15, 0.2) is 67.3 Å². The average Bonchev–Trinajstić information content (AvgIpc) is 3.38. The number of carbonyl (C=O) groups is 1. The van der Waals surface area contributed by atoms with Crippen LogP contribution in [0, 0.1) is 6.92 Å².